The van der Waals surface area contributed by atoms with Crippen molar-refractivity contribution in [2.45, 2.75) is 6.42 Å². The molecule has 0 saturated carbocycles. The van der Waals surface area contributed by atoms with Gasteiger partial charge in [0.1, 0.15) is 17.1 Å². The highest BCUT2D eigenvalue weighted by Gasteiger charge is 2.11. The van der Waals surface area contributed by atoms with Crippen LogP contribution in [0.2, 0.25) is 5.02 Å². The zero-order chi connectivity index (χ0) is 21.1. The predicted molar refractivity (Wildman–Crippen MR) is 118 cm³/mol. The Morgan fingerprint density at radius 3 is 2.53 bits per heavy atom. The summed E-state index contributed by atoms with van der Waals surface area (Å²) < 4.78 is 11.0. The fourth-order valence-electron chi connectivity index (χ4n) is 3.16. The van der Waals surface area contributed by atoms with E-state index in [1.165, 1.54) is 6.07 Å². The molecule has 0 aliphatic heterocycles. The lowest BCUT2D eigenvalue weighted by Gasteiger charge is -2.08. The van der Waals surface area contributed by atoms with E-state index < -0.39 is 0 Å². The molecule has 4 rings (SSSR count). The van der Waals surface area contributed by atoms with Gasteiger partial charge in [-0.25, -0.2) is 0 Å². The quantitative estimate of drug-likeness (QED) is 0.476. The molecule has 0 aliphatic carbocycles. The molecule has 4 aromatic rings. The molecule has 0 radical (unpaired) electrons. The third-order valence-corrected chi connectivity index (χ3v) is 5.00. The summed E-state index contributed by atoms with van der Waals surface area (Å²) in [5.74, 6) is 0.947. The van der Waals surface area contributed by atoms with Crippen LogP contribution in [0.1, 0.15) is 5.56 Å². The molecule has 1 heterocycles. The molecule has 0 aliphatic rings. The molecule has 3 aromatic carbocycles. The molecule has 0 bridgehead atoms. The first-order valence-electron chi connectivity index (χ1n) is 9.29. The highest BCUT2D eigenvalue weighted by molar-refractivity contribution is 6.33. The number of anilines is 1. The first-order valence-corrected chi connectivity index (χ1v) is 9.67. The Morgan fingerprint density at radius 2 is 1.80 bits per heavy atom. The average molecular weight is 420 g/mol. The third-order valence-electron chi connectivity index (χ3n) is 4.67. The molecule has 6 heteroatoms. The van der Waals surface area contributed by atoms with Gasteiger partial charge in [-0.3, -0.25) is 9.59 Å². The Hall–Kier alpha value is -3.57. The van der Waals surface area contributed by atoms with Crippen LogP contribution in [0.4, 0.5) is 5.69 Å². The number of ether oxygens (including phenoxy) is 1. The van der Waals surface area contributed by atoms with E-state index in [-0.39, 0.29) is 17.8 Å². The van der Waals surface area contributed by atoms with Gasteiger partial charge >= 0.3 is 0 Å². The summed E-state index contributed by atoms with van der Waals surface area (Å²) >= 11 is 6.21. The summed E-state index contributed by atoms with van der Waals surface area (Å²) in [7, 11) is 1.59. The molecule has 0 saturated heterocycles. The highest BCUT2D eigenvalue weighted by atomic mass is 35.5. The predicted octanol–water partition coefficient (Wildman–Crippen LogP) is 5.30. The van der Waals surface area contributed by atoms with Crippen molar-refractivity contribution in [2.24, 2.45) is 0 Å². The minimum absolute atomic E-state index is 0.184. The molecule has 0 atom stereocenters. The van der Waals surface area contributed by atoms with Crippen molar-refractivity contribution in [3.63, 3.8) is 0 Å². The van der Waals surface area contributed by atoms with Crippen molar-refractivity contribution in [2.75, 3.05) is 12.4 Å². The van der Waals surface area contributed by atoms with Crippen LogP contribution in [-0.2, 0) is 11.2 Å². The third kappa shape index (κ3) is 4.21. The van der Waals surface area contributed by atoms with E-state index in [1.807, 2.05) is 24.3 Å². The topological polar surface area (TPSA) is 68.5 Å². The number of rotatable bonds is 5. The molecule has 0 unspecified atom stereocenters. The summed E-state index contributed by atoms with van der Waals surface area (Å²) in [6.07, 6.45) is 0.210. The smallest absolute Gasteiger partial charge is 0.228 e. The maximum atomic E-state index is 12.6. The number of methoxy groups -OCH3 is 1. The van der Waals surface area contributed by atoms with E-state index >= 15 is 0 Å². The van der Waals surface area contributed by atoms with Crippen LogP contribution in [0, 0.1) is 0 Å². The number of carbonyl (C=O) groups is 1. The Labute approximate surface area is 177 Å². The average Bonchev–Trinajstić information content (AvgIpc) is 2.75. The van der Waals surface area contributed by atoms with Gasteiger partial charge in [0.25, 0.3) is 0 Å². The second kappa shape index (κ2) is 8.43. The van der Waals surface area contributed by atoms with Crippen LogP contribution in [0.25, 0.3) is 22.3 Å². The molecule has 1 N–H and O–H groups in total. The highest BCUT2D eigenvalue weighted by Crippen LogP contribution is 2.29. The molecule has 5 nitrogen and oxygen atoms in total. The molecule has 0 spiro atoms. The first-order chi connectivity index (χ1) is 14.5. The molecule has 30 heavy (non-hydrogen) atoms. The number of fused-ring (bicyclic) bond motifs is 1. The number of carbonyl (C=O) groups excluding carboxylic acids is 1. The lowest BCUT2D eigenvalue weighted by Crippen LogP contribution is -2.14. The Balaban J connectivity index is 1.56. The van der Waals surface area contributed by atoms with Crippen molar-refractivity contribution in [3.05, 3.63) is 93.6 Å². The van der Waals surface area contributed by atoms with Crippen molar-refractivity contribution in [1.82, 2.24) is 0 Å². The van der Waals surface area contributed by atoms with Gasteiger partial charge in [0, 0.05) is 17.3 Å². The fraction of sp³-hybridized carbons (Fsp3) is 0.0833. The summed E-state index contributed by atoms with van der Waals surface area (Å²) in [5, 5.41) is 3.71. The van der Waals surface area contributed by atoms with Crippen molar-refractivity contribution in [3.8, 4) is 17.1 Å². The van der Waals surface area contributed by atoms with Gasteiger partial charge in [-0.1, -0.05) is 35.9 Å². The van der Waals surface area contributed by atoms with Gasteiger partial charge in [-0.05, 0) is 48.0 Å². The monoisotopic (exact) mass is 419 g/mol. The molecule has 150 valence electrons. The van der Waals surface area contributed by atoms with Gasteiger partial charge < -0.3 is 14.5 Å². The van der Waals surface area contributed by atoms with E-state index in [2.05, 4.69) is 5.32 Å². The van der Waals surface area contributed by atoms with Crippen LogP contribution in [-0.4, -0.2) is 13.0 Å². The zero-order valence-electron chi connectivity index (χ0n) is 16.1. The normalized spacial score (nSPS) is 10.7. The van der Waals surface area contributed by atoms with Gasteiger partial charge in [-0.15, -0.1) is 0 Å². The van der Waals surface area contributed by atoms with Crippen molar-refractivity contribution < 1.29 is 13.9 Å². The minimum Gasteiger partial charge on any atom is -0.497 e. The summed E-state index contributed by atoms with van der Waals surface area (Å²) in [5.41, 5.74) is 2.25. The molecule has 0 fully saturated rings. The standard InChI is InChI=1S/C24H18ClNO4/c1-29-17-9-6-15(7-10-17)12-24(28)26-16-8-11-22-19(13-16)21(27)14-23(30-22)18-4-2-3-5-20(18)25/h2-11,13-14H,12H2,1H3,(H,26,28). The van der Waals surface area contributed by atoms with Crippen LogP contribution in [0.5, 0.6) is 5.75 Å². The van der Waals surface area contributed by atoms with E-state index in [0.717, 1.165) is 11.3 Å². The van der Waals surface area contributed by atoms with E-state index in [0.29, 0.717) is 33.0 Å². The lowest BCUT2D eigenvalue weighted by molar-refractivity contribution is -0.115. The SMILES string of the molecule is COc1ccc(CC(=O)Nc2ccc3oc(-c4ccccc4Cl)cc(=O)c3c2)cc1. The van der Waals surface area contributed by atoms with E-state index in [1.54, 1.807) is 49.6 Å². The Bertz CT molecular complexity index is 1280. The summed E-state index contributed by atoms with van der Waals surface area (Å²) in [4.78, 5) is 25.0. The lowest BCUT2D eigenvalue weighted by atomic mass is 10.1. The van der Waals surface area contributed by atoms with Gasteiger partial charge in [-0.2, -0.15) is 0 Å². The summed E-state index contributed by atoms with van der Waals surface area (Å²) in [6, 6.07) is 20.8. The second-order valence-corrected chi connectivity index (χ2v) is 7.15. The van der Waals surface area contributed by atoms with Gasteiger partial charge in [0.2, 0.25) is 5.91 Å². The largest absolute Gasteiger partial charge is 0.497 e. The number of halogens is 1. The van der Waals surface area contributed by atoms with Gasteiger partial charge in [0.05, 0.1) is 23.9 Å². The molecular weight excluding hydrogens is 402 g/mol. The maximum Gasteiger partial charge on any atom is 0.228 e. The van der Waals surface area contributed by atoms with Crippen molar-refractivity contribution in [1.29, 1.82) is 0 Å². The molecule has 1 amide bonds. The second-order valence-electron chi connectivity index (χ2n) is 6.74. The number of hydrogen-bond donors (Lipinski definition) is 1. The Morgan fingerprint density at radius 1 is 1.03 bits per heavy atom. The van der Waals surface area contributed by atoms with Crippen LogP contribution < -0.4 is 15.5 Å². The van der Waals surface area contributed by atoms with Crippen LogP contribution >= 0.6 is 11.6 Å². The van der Waals surface area contributed by atoms with Crippen molar-refractivity contribution >= 4 is 34.2 Å². The fourth-order valence-corrected chi connectivity index (χ4v) is 3.39. The van der Waals surface area contributed by atoms with E-state index in [4.69, 9.17) is 20.8 Å². The molecule has 1 aromatic heterocycles. The maximum absolute atomic E-state index is 12.6. The number of benzene rings is 3. The van der Waals surface area contributed by atoms with Crippen LogP contribution in [0.3, 0.4) is 0 Å². The number of nitrogens with one attached hydrogen (secondary N) is 1. The van der Waals surface area contributed by atoms with Crippen LogP contribution in [0.15, 0.2) is 82.0 Å². The van der Waals surface area contributed by atoms with E-state index in [9.17, 15) is 9.59 Å². The zero-order valence-corrected chi connectivity index (χ0v) is 16.9. The minimum atomic E-state index is -0.211. The number of hydrogen-bond acceptors (Lipinski definition) is 4. The molecular formula is C24H18ClNO4. The van der Waals surface area contributed by atoms with Gasteiger partial charge in [0.15, 0.2) is 5.43 Å². The first kappa shape index (κ1) is 19.7. The Kier molecular flexibility index (Phi) is 5.55. The summed E-state index contributed by atoms with van der Waals surface area (Å²) in [6.45, 7) is 0. The number of amides is 1.